The van der Waals surface area contributed by atoms with E-state index >= 15 is 0 Å². The SMILES string of the molecule is Cc1c(-c2ccccc2)nc2ccccc2c1C(=O)Nc1sc2c(c1C(N)=O)CCCCCC2. The molecule has 2 heterocycles. The van der Waals surface area contributed by atoms with Crippen molar-refractivity contribution >= 4 is 39.1 Å². The number of carbonyl (C=O) groups excluding carboxylic acids is 2. The minimum atomic E-state index is -0.477. The Morgan fingerprint density at radius 1 is 0.912 bits per heavy atom. The van der Waals surface area contributed by atoms with Gasteiger partial charge in [0.15, 0.2) is 0 Å². The van der Waals surface area contributed by atoms with Crippen molar-refractivity contribution in [2.75, 3.05) is 5.32 Å². The lowest BCUT2D eigenvalue weighted by atomic mass is 9.96. The maximum atomic E-state index is 13.8. The number of thiophene rings is 1. The van der Waals surface area contributed by atoms with Gasteiger partial charge in [0, 0.05) is 15.8 Å². The fraction of sp³-hybridized carbons (Fsp3) is 0.250. The minimum absolute atomic E-state index is 0.245. The van der Waals surface area contributed by atoms with Gasteiger partial charge in [-0.1, -0.05) is 61.4 Å². The number of anilines is 1. The first-order chi connectivity index (χ1) is 16.5. The second kappa shape index (κ2) is 9.39. The van der Waals surface area contributed by atoms with E-state index in [0.29, 0.717) is 16.1 Å². The van der Waals surface area contributed by atoms with Crippen molar-refractivity contribution in [1.29, 1.82) is 0 Å². The summed E-state index contributed by atoms with van der Waals surface area (Å²) < 4.78 is 0. The highest BCUT2D eigenvalue weighted by atomic mass is 32.1. The predicted molar refractivity (Wildman–Crippen MR) is 139 cm³/mol. The Morgan fingerprint density at radius 3 is 2.38 bits per heavy atom. The van der Waals surface area contributed by atoms with Crippen molar-refractivity contribution in [2.24, 2.45) is 5.73 Å². The van der Waals surface area contributed by atoms with E-state index in [4.69, 9.17) is 10.7 Å². The van der Waals surface area contributed by atoms with Gasteiger partial charge in [-0.25, -0.2) is 4.98 Å². The zero-order valence-electron chi connectivity index (χ0n) is 19.2. The van der Waals surface area contributed by atoms with Crippen LogP contribution in [0.15, 0.2) is 54.6 Å². The monoisotopic (exact) mass is 469 g/mol. The van der Waals surface area contributed by atoms with Crippen LogP contribution in [0.5, 0.6) is 0 Å². The molecule has 0 fully saturated rings. The molecule has 0 bridgehead atoms. The van der Waals surface area contributed by atoms with Gasteiger partial charge >= 0.3 is 0 Å². The van der Waals surface area contributed by atoms with Crippen LogP contribution < -0.4 is 11.1 Å². The number of primary amides is 1. The smallest absolute Gasteiger partial charge is 0.257 e. The normalized spacial score (nSPS) is 13.7. The molecule has 172 valence electrons. The van der Waals surface area contributed by atoms with Gasteiger partial charge in [0.2, 0.25) is 0 Å². The fourth-order valence-electron chi connectivity index (χ4n) is 4.91. The summed E-state index contributed by atoms with van der Waals surface area (Å²) in [7, 11) is 0. The first kappa shape index (κ1) is 22.3. The van der Waals surface area contributed by atoms with Crippen molar-refractivity contribution < 1.29 is 9.59 Å². The summed E-state index contributed by atoms with van der Waals surface area (Å²) in [5, 5.41) is 4.41. The lowest BCUT2D eigenvalue weighted by Gasteiger charge is -2.15. The van der Waals surface area contributed by atoms with Gasteiger partial charge < -0.3 is 11.1 Å². The number of nitrogens with zero attached hydrogens (tertiary/aromatic N) is 1. The molecule has 1 aliphatic carbocycles. The molecule has 4 aromatic rings. The number of nitrogens with one attached hydrogen (secondary N) is 1. The lowest BCUT2D eigenvalue weighted by molar-refractivity contribution is 0.100. The van der Waals surface area contributed by atoms with Gasteiger partial charge in [0.05, 0.1) is 22.3 Å². The number of rotatable bonds is 4. The molecular formula is C28H27N3O2S. The molecule has 5 rings (SSSR count). The number of hydrogen-bond acceptors (Lipinski definition) is 4. The number of benzene rings is 2. The van der Waals surface area contributed by atoms with Crippen LogP contribution in [0.25, 0.3) is 22.2 Å². The molecule has 3 N–H and O–H groups in total. The molecule has 2 amide bonds. The topological polar surface area (TPSA) is 85.1 Å². The predicted octanol–water partition coefficient (Wildman–Crippen LogP) is 6.28. The van der Waals surface area contributed by atoms with Gasteiger partial charge in [0.25, 0.3) is 11.8 Å². The number of nitrogens with two attached hydrogens (primary N) is 1. The molecule has 1 aliphatic rings. The Morgan fingerprint density at radius 2 is 1.62 bits per heavy atom. The van der Waals surface area contributed by atoms with Crippen LogP contribution in [-0.2, 0) is 12.8 Å². The van der Waals surface area contributed by atoms with Crippen molar-refractivity contribution in [3.8, 4) is 11.3 Å². The van der Waals surface area contributed by atoms with Crippen LogP contribution in [-0.4, -0.2) is 16.8 Å². The average molecular weight is 470 g/mol. The first-order valence-electron chi connectivity index (χ1n) is 11.7. The summed E-state index contributed by atoms with van der Waals surface area (Å²) in [6.07, 6.45) is 6.22. The average Bonchev–Trinajstić information content (AvgIpc) is 3.15. The van der Waals surface area contributed by atoms with Crippen LogP contribution in [0, 0.1) is 6.92 Å². The lowest BCUT2D eigenvalue weighted by Crippen LogP contribution is -2.19. The number of aromatic nitrogens is 1. The number of para-hydroxylation sites is 1. The molecule has 0 aliphatic heterocycles. The van der Waals surface area contributed by atoms with E-state index in [-0.39, 0.29) is 5.91 Å². The largest absolute Gasteiger partial charge is 0.365 e. The summed E-state index contributed by atoms with van der Waals surface area (Å²) in [6, 6.07) is 17.6. The number of aryl methyl sites for hydroxylation is 1. The standard InChI is InChI=1S/C28H27N3O2S/c1-17-23(19-13-9-10-15-21(19)30-25(17)18-11-5-4-6-12-18)27(33)31-28-24(26(29)32)20-14-7-2-3-8-16-22(20)34-28/h4-6,9-13,15H,2-3,7-8,14,16H2,1H3,(H2,29,32)(H,31,33). The maximum Gasteiger partial charge on any atom is 0.257 e. The second-order valence-electron chi connectivity index (χ2n) is 8.78. The fourth-order valence-corrected chi connectivity index (χ4v) is 6.20. The summed E-state index contributed by atoms with van der Waals surface area (Å²) in [5.74, 6) is -0.723. The van der Waals surface area contributed by atoms with Crippen molar-refractivity contribution in [3.63, 3.8) is 0 Å². The van der Waals surface area contributed by atoms with E-state index in [9.17, 15) is 9.59 Å². The van der Waals surface area contributed by atoms with Gasteiger partial charge in [-0.05, 0) is 49.8 Å². The Labute approximate surface area is 203 Å². The molecule has 0 atom stereocenters. The molecule has 0 saturated heterocycles. The van der Waals surface area contributed by atoms with Crippen LogP contribution in [0.4, 0.5) is 5.00 Å². The van der Waals surface area contributed by atoms with E-state index < -0.39 is 5.91 Å². The van der Waals surface area contributed by atoms with Gasteiger partial charge in [0.1, 0.15) is 5.00 Å². The number of hydrogen-bond donors (Lipinski definition) is 2. The summed E-state index contributed by atoms with van der Waals surface area (Å²) >= 11 is 1.50. The Balaban J connectivity index is 1.62. The second-order valence-corrected chi connectivity index (χ2v) is 9.89. The summed E-state index contributed by atoms with van der Waals surface area (Å²) in [4.78, 5) is 32.3. The number of pyridine rings is 1. The van der Waals surface area contributed by atoms with Gasteiger partial charge in [-0.15, -0.1) is 11.3 Å². The van der Waals surface area contributed by atoms with Crippen molar-refractivity contribution in [1.82, 2.24) is 4.98 Å². The Hall–Kier alpha value is -3.51. The Kier molecular flexibility index (Phi) is 6.16. The molecule has 5 nitrogen and oxygen atoms in total. The molecule has 0 saturated carbocycles. The quantitative estimate of drug-likeness (QED) is 0.369. The number of carbonyl (C=O) groups is 2. The summed E-state index contributed by atoms with van der Waals surface area (Å²) in [5.41, 5.74) is 11.2. The zero-order valence-corrected chi connectivity index (χ0v) is 20.0. The minimum Gasteiger partial charge on any atom is -0.365 e. The third-order valence-corrected chi connectivity index (χ3v) is 7.76. The van der Waals surface area contributed by atoms with E-state index in [0.717, 1.165) is 65.4 Å². The van der Waals surface area contributed by atoms with Crippen molar-refractivity contribution in [2.45, 2.75) is 45.4 Å². The highest BCUT2D eigenvalue weighted by Crippen LogP contribution is 2.38. The summed E-state index contributed by atoms with van der Waals surface area (Å²) in [6.45, 7) is 1.93. The third-order valence-electron chi connectivity index (χ3n) is 6.55. The van der Waals surface area contributed by atoms with Crippen LogP contribution in [0.3, 0.4) is 0 Å². The molecule has 6 heteroatoms. The number of amides is 2. The molecule has 0 radical (unpaired) electrons. The maximum absolute atomic E-state index is 13.8. The molecule has 2 aromatic carbocycles. The van der Waals surface area contributed by atoms with Crippen LogP contribution in [0.1, 0.15) is 62.4 Å². The zero-order chi connectivity index (χ0) is 23.7. The highest BCUT2D eigenvalue weighted by molar-refractivity contribution is 7.17. The first-order valence-corrected chi connectivity index (χ1v) is 12.6. The molecule has 2 aromatic heterocycles. The van der Waals surface area contributed by atoms with Crippen LogP contribution in [0.2, 0.25) is 0 Å². The van der Waals surface area contributed by atoms with E-state index in [2.05, 4.69) is 5.32 Å². The highest BCUT2D eigenvalue weighted by Gasteiger charge is 2.26. The molecular weight excluding hydrogens is 442 g/mol. The van der Waals surface area contributed by atoms with Gasteiger partial charge in [-0.3, -0.25) is 9.59 Å². The van der Waals surface area contributed by atoms with Crippen LogP contribution >= 0.6 is 11.3 Å². The molecule has 34 heavy (non-hydrogen) atoms. The third kappa shape index (κ3) is 4.10. The Bertz CT molecular complexity index is 1390. The molecule has 0 spiro atoms. The number of fused-ring (bicyclic) bond motifs is 2. The van der Waals surface area contributed by atoms with Gasteiger partial charge in [-0.2, -0.15) is 0 Å². The van der Waals surface area contributed by atoms with E-state index in [1.165, 1.54) is 22.6 Å². The van der Waals surface area contributed by atoms with Crippen molar-refractivity contribution in [3.05, 3.63) is 81.7 Å². The molecule has 0 unspecified atom stereocenters. The van der Waals surface area contributed by atoms with E-state index in [1.54, 1.807) is 0 Å². The van der Waals surface area contributed by atoms with E-state index in [1.807, 2.05) is 61.5 Å².